The lowest BCUT2D eigenvalue weighted by atomic mass is 10.2. The largest absolute Gasteiger partial charge is 0.472 e. The average molecular weight is 210 g/mol. The van der Waals surface area contributed by atoms with Gasteiger partial charge in [0, 0.05) is 5.56 Å². The second-order valence-corrected chi connectivity index (χ2v) is 3.93. The molecule has 15 heavy (non-hydrogen) atoms. The van der Waals surface area contributed by atoms with Gasteiger partial charge in [-0.2, -0.15) is 5.10 Å². The van der Waals surface area contributed by atoms with Crippen molar-refractivity contribution in [2.45, 2.75) is 26.4 Å². The van der Waals surface area contributed by atoms with Crippen molar-refractivity contribution in [3.05, 3.63) is 24.2 Å². The Hall–Kier alpha value is -1.78. The van der Waals surface area contributed by atoms with Gasteiger partial charge in [0.25, 0.3) is 0 Å². The highest BCUT2D eigenvalue weighted by molar-refractivity contribution is 5.80. The van der Waals surface area contributed by atoms with Gasteiger partial charge >= 0.3 is 6.09 Å². The molecule has 82 valence electrons. The monoisotopic (exact) mass is 210 g/mol. The SMILES string of the molecule is CC(C)(C)OC(=O)N/N=C/c1ccoc1. The molecule has 0 aromatic carbocycles. The van der Waals surface area contributed by atoms with Crippen LogP contribution in [0.5, 0.6) is 0 Å². The summed E-state index contributed by atoms with van der Waals surface area (Å²) in [4.78, 5) is 11.1. The molecule has 0 spiro atoms. The molecule has 1 rings (SSSR count). The molecule has 0 radical (unpaired) electrons. The standard InChI is InChI=1S/C10H14N2O3/c1-10(2,3)15-9(13)12-11-6-8-4-5-14-7-8/h4-7H,1-3H3,(H,12,13)/b11-6+. The quantitative estimate of drug-likeness (QED) is 0.600. The molecule has 5 heteroatoms. The summed E-state index contributed by atoms with van der Waals surface area (Å²) in [6, 6.07) is 1.72. The van der Waals surface area contributed by atoms with Gasteiger partial charge in [-0.1, -0.05) is 0 Å². The van der Waals surface area contributed by atoms with E-state index in [1.54, 1.807) is 26.8 Å². The van der Waals surface area contributed by atoms with Crippen LogP contribution in [0.3, 0.4) is 0 Å². The maximum Gasteiger partial charge on any atom is 0.428 e. The van der Waals surface area contributed by atoms with Crippen LogP contribution in [0.25, 0.3) is 0 Å². The normalized spacial score (nSPS) is 11.7. The number of carbonyl (C=O) groups is 1. The van der Waals surface area contributed by atoms with E-state index in [-0.39, 0.29) is 0 Å². The topological polar surface area (TPSA) is 63.8 Å². The van der Waals surface area contributed by atoms with Crippen molar-refractivity contribution in [1.29, 1.82) is 0 Å². The first kappa shape index (κ1) is 11.3. The minimum absolute atomic E-state index is 0.519. The maximum atomic E-state index is 11.1. The van der Waals surface area contributed by atoms with Gasteiger partial charge in [0.1, 0.15) is 5.60 Å². The summed E-state index contributed by atoms with van der Waals surface area (Å²) in [6.07, 6.45) is 3.92. The van der Waals surface area contributed by atoms with Crippen LogP contribution in [0.1, 0.15) is 26.3 Å². The number of nitrogens with zero attached hydrogens (tertiary/aromatic N) is 1. The summed E-state index contributed by atoms with van der Waals surface area (Å²) < 4.78 is 9.79. The maximum absolute atomic E-state index is 11.1. The number of hydrogen-bond acceptors (Lipinski definition) is 4. The van der Waals surface area contributed by atoms with Crippen LogP contribution in [0, 0.1) is 0 Å². The first-order valence-corrected chi connectivity index (χ1v) is 4.51. The fourth-order valence-electron chi connectivity index (χ4n) is 0.809. The van der Waals surface area contributed by atoms with Crippen molar-refractivity contribution < 1.29 is 13.9 Å². The third kappa shape index (κ3) is 4.85. The van der Waals surface area contributed by atoms with Crippen LogP contribution in [0.4, 0.5) is 4.79 Å². The third-order valence-corrected chi connectivity index (χ3v) is 1.31. The number of furan rings is 1. The number of ether oxygens (including phenoxy) is 1. The van der Waals surface area contributed by atoms with Crippen molar-refractivity contribution in [2.75, 3.05) is 0 Å². The van der Waals surface area contributed by atoms with Crippen molar-refractivity contribution in [3.8, 4) is 0 Å². The number of carbonyl (C=O) groups excluding carboxylic acids is 1. The highest BCUT2D eigenvalue weighted by atomic mass is 16.6. The van der Waals surface area contributed by atoms with E-state index in [0.29, 0.717) is 0 Å². The molecule has 0 atom stereocenters. The number of hydrogen-bond donors (Lipinski definition) is 1. The molecule has 1 heterocycles. The third-order valence-electron chi connectivity index (χ3n) is 1.31. The minimum Gasteiger partial charge on any atom is -0.472 e. The Balaban J connectivity index is 2.35. The van der Waals surface area contributed by atoms with E-state index in [9.17, 15) is 4.79 Å². The van der Waals surface area contributed by atoms with Crippen LogP contribution < -0.4 is 5.43 Å². The predicted molar refractivity (Wildman–Crippen MR) is 55.7 cm³/mol. The number of rotatable bonds is 2. The summed E-state index contributed by atoms with van der Waals surface area (Å²) in [5.41, 5.74) is 2.49. The van der Waals surface area contributed by atoms with Crippen LogP contribution in [-0.4, -0.2) is 17.9 Å². The Labute approximate surface area is 88.1 Å². The molecule has 0 fully saturated rings. The molecule has 0 aliphatic carbocycles. The molecule has 1 aromatic heterocycles. The lowest BCUT2D eigenvalue weighted by molar-refractivity contribution is 0.0529. The lowest BCUT2D eigenvalue weighted by Crippen LogP contribution is -2.29. The number of hydrazone groups is 1. The van der Waals surface area contributed by atoms with E-state index in [0.717, 1.165) is 5.56 Å². The predicted octanol–water partition coefficient (Wildman–Crippen LogP) is 2.14. The number of amides is 1. The summed E-state index contributed by atoms with van der Waals surface area (Å²) in [7, 11) is 0. The summed E-state index contributed by atoms with van der Waals surface area (Å²) in [5, 5.41) is 3.69. The first-order chi connectivity index (χ1) is 6.97. The van der Waals surface area contributed by atoms with Crippen molar-refractivity contribution in [1.82, 2.24) is 5.43 Å². The fourth-order valence-corrected chi connectivity index (χ4v) is 0.809. The molecular weight excluding hydrogens is 196 g/mol. The Morgan fingerprint density at radius 1 is 1.60 bits per heavy atom. The van der Waals surface area contributed by atoms with Crippen molar-refractivity contribution in [3.63, 3.8) is 0 Å². The molecule has 0 aliphatic rings. The molecular formula is C10H14N2O3. The van der Waals surface area contributed by atoms with Gasteiger partial charge in [0.2, 0.25) is 0 Å². The average Bonchev–Trinajstić information content (AvgIpc) is 2.53. The van der Waals surface area contributed by atoms with Crippen molar-refractivity contribution >= 4 is 12.3 Å². The van der Waals surface area contributed by atoms with Gasteiger partial charge in [-0.25, -0.2) is 10.2 Å². The summed E-state index contributed by atoms with van der Waals surface area (Å²) >= 11 is 0. The van der Waals surface area contributed by atoms with E-state index in [2.05, 4.69) is 10.5 Å². The molecule has 1 aromatic rings. The van der Waals surface area contributed by atoms with Gasteiger partial charge < -0.3 is 9.15 Å². The lowest BCUT2D eigenvalue weighted by Gasteiger charge is -2.18. The van der Waals surface area contributed by atoms with E-state index in [1.165, 1.54) is 18.7 Å². The molecule has 1 amide bonds. The molecule has 0 saturated carbocycles. The Morgan fingerprint density at radius 2 is 2.33 bits per heavy atom. The molecule has 1 N–H and O–H groups in total. The summed E-state index contributed by atoms with van der Waals surface area (Å²) in [5.74, 6) is 0. The van der Waals surface area contributed by atoms with Gasteiger partial charge in [-0.05, 0) is 26.8 Å². The summed E-state index contributed by atoms with van der Waals surface area (Å²) in [6.45, 7) is 5.35. The van der Waals surface area contributed by atoms with E-state index in [1.807, 2.05) is 0 Å². The van der Waals surface area contributed by atoms with E-state index >= 15 is 0 Å². The smallest absolute Gasteiger partial charge is 0.428 e. The highest BCUT2D eigenvalue weighted by Gasteiger charge is 2.15. The molecule has 0 saturated heterocycles. The Morgan fingerprint density at radius 3 is 2.87 bits per heavy atom. The van der Waals surface area contributed by atoms with Crippen LogP contribution in [0.15, 0.2) is 28.1 Å². The number of nitrogens with one attached hydrogen (secondary N) is 1. The van der Waals surface area contributed by atoms with Gasteiger partial charge in [-0.3, -0.25) is 0 Å². The highest BCUT2D eigenvalue weighted by Crippen LogP contribution is 2.06. The van der Waals surface area contributed by atoms with Gasteiger partial charge in [-0.15, -0.1) is 0 Å². The van der Waals surface area contributed by atoms with Crippen LogP contribution in [0.2, 0.25) is 0 Å². The molecule has 0 unspecified atom stereocenters. The molecule has 0 aliphatic heterocycles. The fraction of sp³-hybridized carbons (Fsp3) is 0.400. The van der Waals surface area contributed by atoms with Crippen LogP contribution in [-0.2, 0) is 4.74 Å². The van der Waals surface area contributed by atoms with Crippen LogP contribution >= 0.6 is 0 Å². The minimum atomic E-state index is -0.581. The second kappa shape index (κ2) is 4.63. The Bertz CT molecular complexity index is 336. The molecule has 0 bridgehead atoms. The Kier molecular flexibility index (Phi) is 3.49. The zero-order valence-electron chi connectivity index (χ0n) is 8.98. The second-order valence-electron chi connectivity index (χ2n) is 3.93. The van der Waals surface area contributed by atoms with E-state index in [4.69, 9.17) is 9.15 Å². The van der Waals surface area contributed by atoms with Gasteiger partial charge in [0.05, 0.1) is 18.7 Å². The molecule has 5 nitrogen and oxygen atoms in total. The van der Waals surface area contributed by atoms with Gasteiger partial charge in [0.15, 0.2) is 0 Å². The van der Waals surface area contributed by atoms with Crippen molar-refractivity contribution in [2.24, 2.45) is 5.10 Å². The first-order valence-electron chi connectivity index (χ1n) is 4.51. The zero-order chi connectivity index (χ0) is 11.3. The van der Waals surface area contributed by atoms with E-state index < -0.39 is 11.7 Å². The zero-order valence-corrected chi connectivity index (χ0v) is 8.98.